The van der Waals surface area contributed by atoms with E-state index in [9.17, 15) is 9.59 Å². The number of carbonyl (C=O) groups is 1. The standard InChI is InChI=1S/C14H18N4O2/c1-3-5-18-6-4-15-13(18)9-16-14(20)12-8-11(19)7-10(2)17-12/h4,6-8H,3,5,9H2,1-2H3,(H,16,20)(H,17,19). The van der Waals surface area contributed by atoms with E-state index in [2.05, 4.69) is 22.2 Å². The van der Waals surface area contributed by atoms with Crippen LogP contribution >= 0.6 is 0 Å². The number of nitrogens with zero attached hydrogens (tertiary/aromatic N) is 2. The van der Waals surface area contributed by atoms with Crippen molar-refractivity contribution >= 4 is 5.91 Å². The van der Waals surface area contributed by atoms with Gasteiger partial charge in [0.05, 0.1) is 6.54 Å². The first-order valence-electron chi connectivity index (χ1n) is 6.59. The molecule has 2 rings (SSSR count). The molecule has 0 atom stereocenters. The van der Waals surface area contributed by atoms with Crippen LogP contribution in [0.2, 0.25) is 0 Å². The molecule has 20 heavy (non-hydrogen) atoms. The number of rotatable bonds is 5. The molecule has 0 aliphatic rings. The molecule has 0 aliphatic heterocycles. The Morgan fingerprint density at radius 3 is 2.95 bits per heavy atom. The van der Waals surface area contributed by atoms with Gasteiger partial charge in [-0.25, -0.2) is 4.98 Å². The number of aromatic nitrogens is 3. The van der Waals surface area contributed by atoms with Gasteiger partial charge >= 0.3 is 0 Å². The number of imidazole rings is 1. The fourth-order valence-electron chi connectivity index (χ4n) is 2.01. The zero-order valence-corrected chi connectivity index (χ0v) is 11.6. The number of amides is 1. The van der Waals surface area contributed by atoms with Crippen molar-refractivity contribution in [1.82, 2.24) is 19.9 Å². The van der Waals surface area contributed by atoms with Crippen molar-refractivity contribution in [2.45, 2.75) is 33.4 Å². The van der Waals surface area contributed by atoms with Crippen LogP contribution in [0.1, 0.15) is 35.4 Å². The Balaban J connectivity index is 2.05. The molecule has 0 radical (unpaired) electrons. The third kappa shape index (κ3) is 3.34. The highest BCUT2D eigenvalue weighted by molar-refractivity contribution is 5.92. The van der Waals surface area contributed by atoms with Crippen LogP contribution in [-0.4, -0.2) is 20.4 Å². The number of nitrogens with one attached hydrogen (secondary N) is 2. The second kappa shape index (κ2) is 6.18. The van der Waals surface area contributed by atoms with E-state index in [0.717, 1.165) is 18.8 Å². The van der Waals surface area contributed by atoms with Crippen molar-refractivity contribution in [1.29, 1.82) is 0 Å². The minimum Gasteiger partial charge on any atom is -0.354 e. The fraction of sp³-hybridized carbons (Fsp3) is 0.357. The van der Waals surface area contributed by atoms with Crippen LogP contribution < -0.4 is 10.7 Å². The summed E-state index contributed by atoms with van der Waals surface area (Å²) in [5.41, 5.74) is 0.748. The Morgan fingerprint density at radius 1 is 1.45 bits per heavy atom. The van der Waals surface area contributed by atoms with Gasteiger partial charge in [0.15, 0.2) is 5.43 Å². The minimum atomic E-state index is -0.308. The highest BCUT2D eigenvalue weighted by Gasteiger charge is 2.09. The van der Waals surface area contributed by atoms with Crippen molar-refractivity contribution < 1.29 is 4.79 Å². The second-order valence-electron chi connectivity index (χ2n) is 4.63. The van der Waals surface area contributed by atoms with E-state index in [1.807, 2.05) is 10.8 Å². The monoisotopic (exact) mass is 274 g/mol. The molecule has 0 unspecified atom stereocenters. The molecule has 0 saturated heterocycles. The smallest absolute Gasteiger partial charge is 0.268 e. The lowest BCUT2D eigenvalue weighted by Gasteiger charge is -2.08. The molecule has 0 fully saturated rings. The first kappa shape index (κ1) is 14.0. The van der Waals surface area contributed by atoms with Gasteiger partial charge in [-0.15, -0.1) is 0 Å². The predicted molar refractivity (Wildman–Crippen MR) is 75.5 cm³/mol. The van der Waals surface area contributed by atoms with Crippen LogP contribution in [0.15, 0.2) is 29.3 Å². The summed E-state index contributed by atoms with van der Waals surface area (Å²) >= 11 is 0. The largest absolute Gasteiger partial charge is 0.354 e. The van der Waals surface area contributed by atoms with Gasteiger partial charge in [0, 0.05) is 36.8 Å². The number of hydrogen-bond donors (Lipinski definition) is 2. The molecular formula is C14H18N4O2. The maximum absolute atomic E-state index is 12.0. The molecule has 6 heteroatoms. The van der Waals surface area contributed by atoms with Crippen LogP contribution in [0, 0.1) is 6.92 Å². The molecule has 0 aliphatic carbocycles. The van der Waals surface area contributed by atoms with E-state index < -0.39 is 0 Å². The molecule has 0 bridgehead atoms. The number of carbonyl (C=O) groups excluding carboxylic acids is 1. The Hall–Kier alpha value is -2.37. The Kier molecular flexibility index (Phi) is 4.34. The van der Waals surface area contributed by atoms with Crippen molar-refractivity contribution in [2.24, 2.45) is 0 Å². The molecule has 2 aromatic heterocycles. The van der Waals surface area contributed by atoms with Crippen LogP contribution in [0.3, 0.4) is 0 Å². The number of aryl methyl sites for hydroxylation is 2. The maximum Gasteiger partial charge on any atom is 0.268 e. The van der Waals surface area contributed by atoms with Gasteiger partial charge in [-0.2, -0.15) is 0 Å². The Labute approximate surface area is 116 Å². The van der Waals surface area contributed by atoms with E-state index in [-0.39, 0.29) is 17.0 Å². The average Bonchev–Trinajstić information content (AvgIpc) is 2.83. The summed E-state index contributed by atoms with van der Waals surface area (Å²) in [5, 5.41) is 2.76. The van der Waals surface area contributed by atoms with Crippen molar-refractivity contribution in [3.8, 4) is 0 Å². The summed E-state index contributed by atoms with van der Waals surface area (Å²) in [6.45, 7) is 5.03. The molecule has 2 heterocycles. The summed E-state index contributed by atoms with van der Waals surface area (Å²) in [6.07, 6.45) is 4.60. The van der Waals surface area contributed by atoms with Crippen molar-refractivity contribution in [3.05, 3.63) is 52.0 Å². The van der Waals surface area contributed by atoms with E-state index in [4.69, 9.17) is 0 Å². The molecule has 1 amide bonds. The first-order valence-corrected chi connectivity index (χ1v) is 6.59. The second-order valence-corrected chi connectivity index (χ2v) is 4.63. The van der Waals surface area contributed by atoms with Crippen LogP contribution in [0.25, 0.3) is 0 Å². The summed E-state index contributed by atoms with van der Waals surface area (Å²) < 4.78 is 2.00. The molecule has 6 nitrogen and oxygen atoms in total. The zero-order valence-electron chi connectivity index (χ0n) is 11.6. The number of aromatic amines is 1. The molecule has 2 N–H and O–H groups in total. The van der Waals surface area contributed by atoms with Gasteiger partial charge in [-0.3, -0.25) is 9.59 Å². The van der Waals surface area contributed by atoms with Crippen LogP contribution in [-0.2, 0) is 13.1 Å². The Bertz CT molecular complexity index is 657. The molecule has 0 spiro atoms. The number of H-pyrrole nitrogens is 1. The summed E-state index contributed by atoms with van der Waals surface area (Å²) in [6, 6.07) is 2.74. The summed E-state index contributed by atoms with van der Waals surface area (Å²) in [5.74, 6) is 0.493. The Morgan fingerprint density at radius 2 is 2.25 bits per heavy atom. The van der Waals surface area contributed by atoms with Gasteiger partial charge in [-0.05, 0) is 13.3 Å². The average molecular weight is 274 g/mol. The van der Waals surface area contributed by atoms with E-state index >= 15 is 0 Å². The predicted octanol–water partition coefficient (Wildman–Crippen LogP) is 1.22. The molecule has 0 saturated carbocycles. The number of hydrogen-bond acceptors (Lipinski definition) is 3. The third-order valence-corrected chi connectivity index (χ3v) is 2.90. The quantitative estimate of drug-likeness (QED) is 0.860. The van der Waals surface area contributed by atoms with Crippen LogP contribution in [0.5, 0.6) is 0 Å². The third-order valence-electron chi connectivity index (χ3n) is 2.90. The van der Waals surface area contributed by atoms with Crippen molar-refractivity contribution in [3.63, 3.8) is 0 Å². The minimum absolute atomic E-state index is 0.182. The van der Waals surface area contributed by atoms with Gasteiger partial charge in [0.1, 0.15) is 11.5 Å². The number of pyridine rings is 1. The highest BCUT2D eigenvalue weighted by atomic mass is 16.2. The van der Waals surface area contributed by atoms with E-state index in [1.54, 1.807) is 13.1 Å². The summed E-state index contributed by atoms with van der Waals surface area (Å²) in [7, 11) is 0. The normalized spacial score (nSPS) is 10.5. The van der Waals surface area contributed by atoms with Gasteiger partial charge in [-0.1, -0.05) is 6.92 Å². The highest BCUT2D eigenvalue weighted by Crippen LogP contribution is 2.00. The van der Waals surface area contributed by atoms with Gasteiger partial charge < -0.3 is 14.9 Å². The molecule has 0 aromatic carbocycles. The fourth-order valence-corrected chi connectivity index (χ4v) is 2.01. The summed E-state index contributed by atoms with van der Waals surface area (Å²) in [4.78, 5) is 30.5. The van der Waals surface area contributed by atoms with E-state index in [1.165, 1.54) is 12.1 Å². The lowest BCUT2D eigenvalue weighted by molar-refractivity contribution is 0.0944. The molecule has 2 aromatic rings. The SMILES string of the molecule is CCCn1ccnc1CNC(=O)c1cc(=O)cc(C)[nH]1. The van der Waals surface area contributed by atoms with E-state index in [0.29, 0.717) is 12.2 Å². The lowest BCUT2D eigenvalue weighted by atomic mass is 10.3. The van der Waals surface area contributed by atoms with Gasteiger partial charge in [0.25, 0.3) is 5.91 Å². The van der Waals surface area contributed by atoms with Crippen LogP contribution in [0.4, 0.5) is 0 Å². The topological polar surface area (TPSA) is 79.8 Å². The maximum atomic E-state index is 12.0. The van der Waals surface area contributed by atoms with Crippen molar-refractivity contribution in [2.75, 3.05) is 0 Å². The first-order chi connectivity index (χ1) is 9.60. The van der Waals surface area contributed by atoms with Gasteiger partial charge in [0.2, 0.25) is 0 Å². The molecule has 106 valence electrons. The molecular weight excluding hydrogens is 256 g/mol. The zero-order chi connectivity index (χ0) is 14.5. The lowest BCUT2D eigenvalue weighted by Crippen LogP contribution is -2.26.